The van der Waals surface area contributed by atoms with Crippen molar-refractivity contribution in [3.05, 3.63) is 24.4 Å². The van der Waals surface area contributed by atoms with Gasteiger partial charge < -0.3 is 14.7 Å². The van der Waals surface area contributed by atoms with Crippen LogP contribution < -0.4 is 0 Å². The molecular formula is C17H24N4O2S. The lowest BCUT2D eigenvalue weighted by Crippen LogP contribution is -2.49. The van der Waals surface area contributed by atoms with Crippen molar-refractivity contribution in [1.29, 1.82) is 0 Å². The second kappa shape index (κ2) is 7.42. The second-order valence-corrected chi connectivity index (χ2v) is 7.68. The van der Waals surface area contributed by atoms with Gasteiger partial charge in [-0.2, -0.15) is 0 Å². The van der Waals surface area contributed by atoms with Crippen LogP contribution >= 0.6 is 11.8 Å². The van der Waals surface area contributed by atoms with E-state index in [0.29, 0.717) is 18.2 Å². The zero-order valence-electron chi connectivity index (χ0n) is 14.2. The largest absolute Gasteiger partial charge is 0.337 e. The Morgan fingerprint density at radius 1 is 1.25 bits per heavy atom. The molecule has 2 bridgehead atoms. The number of aromatic nitrogens is 1. The van der Waals surface area contributed by atoms with E-state index in [9.17, 15) is 9.59 Å². The van der Waals surface area contributed by atoms with Crippen LogP contribution in [0, 0.1) is 5.92 Å². The lowest BCUT2D eigenvalue weighted by molar-refractivity contribution is -0.132. The van der Waals surface area contributed by atoms with Gasteiger partial charge in [-0.3, -0.25) is 4.79 Å². The van der Waals surface area contributed by atoms with Crippen LogP contribution in [0.25, 0.3) is 0 Å². The third kappa shape index (κ3) is 3.83. The maximum atomic E-state index is 12.7. The van der Waals surface area contributed by atoms with Crippen molar-refractivity contribution in [3.63, 3.8) is 0 Å². The fourth-order valence-electron chi connectivity index (χ4n) is 3.48. The zero-order chi connectivity index (χ0) is 17.1. The molecule has 130 valence electrons. The molecule has 3 aliphatic rings. The number of urea groups is 1. The third-order valence-electron chi connectivity index (χ3n) is 4.67. The standard InChI is InChI=1S/C17H24N4O2S/c1-19(2)17(23)20-9-13-6-7-14(11-20)21(10-13)16(22)12-24-15-5-3-4-8-18-15/h3-5,8,13-14H,6-7,9-12H2,1-2H3/t13-,14+/m1/s1. The minimum atomic E-state index is 0.0454. The van der Waals surface area contributed by atoms with Crippen LogP contribution in [0.15, 0.2) is 29.4 Å². The molecule has 4 rings (SSSR count). The lowest BCUT2D eigenvalue weighted by atomic mass is 9.95. The molecule has 3 aliphatic heterocycles. The van der Waals surface area contributed by atoms with Gasteiger partial charge in [0.05, 0.1) is 10.8 Å². The Morgan fingerprint density at radius 2 is 2.08 bits per heavy atom. The summed E-state index contributed by atoms with van der Waals surface area (Å²) < 4.78 is 0. The Morgan fingerprint density at radius 3 is 2.79 bits per heavy atom. The predicted molar refractivity (Wildman–Crippen MR) is 93.8 cm³/mol. The predicted octanol–water partition coefficient (Wildman–Crippen LogP) is 1.78. The summed E-state index contributed by atoms with van der Waals surface area (Å²) in [6, 6.07) is 5.91. The number of hydrogen-bond acceptors (Lipinski definition) is 4. The zero-order valence-corrected chi connectivity index (χ0v) is 15.0. The van der Waals surface area contributed by atoms with Crippen LogP contribution in [0.5, 0.6) is 0 Å². The van der Waals surface area contributed by atoms with Crippen LogP contribution in [-0.2, 0) is 4.79 Å². The molecular weight excluding hydrogens is 324 g/mol. The van der Waals surface area contributed by atoms with Gasteiger partial charge in [0.2, 0.25) is 5.91 Å². The van der Waals surface area contributed by atoms with Crippen LogP contribution in [-0.4, -0.2) is 77.1 Å². The van der Waals surface area contributed by atoms with Crippen molar-refractivity contribution in [1.82, 2.24) is 19.7 Å². The third-order valence-corrected chi connectivity index (χ3v) is 5.60. The fourth-order valence-corrected chi connectivity index (χ4v) is 4.22. The average Bonchev–Trinajstić information content (AvgIpc) is 2.91. The quantitative estimate of drug-likeness (QED) is 0.782. The topological polar surface area (TPSA) is 56.8 Å². The van der Waals surface area contributed by atoms with Gasteiger partial charge in [0.25, 0.3) is 0 Å². The van der Waals surface area contributed by atoms with E-state index >= 15 is 0 Å². The molecule has 3 saturated heterocycles. The summed E-state index contributed by atoms with van der Waals surface area (Å²) in [4.78, 5) is 34.7. The minimum Gasteiger partial charge on any atom is -0.337 e. The molecule has 4 heterocycles. The maximum absolute atomic E-state index is 12.7. The highest BCUT2D eigenvalue weighted by Gasteiger charge is 2.38. The number of pyridine rings is 1. The normalized spacial score (nSPS) is 23.1. The van der Waals surface area contributed by atoms with Crippen LogP contribution in [0.1, 0.15) is 12.8 Å². The number of rotatable bonds is 3. The summed E-state index contributed by atoms with van der Waals surface area (Å²) in [6.07, 6.45) is 3.83. The minimum absolute atomic E-state index is 0.0454. The van der Waals surface area contributed by atoms with E-state index in [1.165, 1.54) is 11.8 Å². The SMILES string of the molecule is CN(C)C(=O)N1C[C@H]2CC[C@@H](C1)N(C(=O)CSc1ccccn1)C2. The van der Waals surface area contributed by atoms with E-state index < -0.39 is 0 Å². The van der Waals surface area contributed by atoms with Gasteiger partial charge in [-0.1, -0.05) is 17.8 Å². The first-order valence-electron chi connectivity index (χ1n) is 8.34. The number of piperidine rings is 1. The van der Waals surface area contributed by atoms with Crippen molar-refractivity contribution in [2.24, 2.45) is 5.92 Å². The first-order valence-corrected chi connectivity index (χ1v) is 9.32. The molecule has 0 N–H and O–H groups in total. The van der Waals surface area contributed by atoms with Crippen LogP contribution in [0.4, 0.5) is 4.79 Å². The molecule has 1 aromatic heterocycles. The molecule has 0 aliphatic carbocycles. The van der Waals surface area contributed by atoms with Crippen molar-refractivity contribution >= 4 is 23.7 Å². The summed E-state index contributed by atoms with van der Waals surface area (Å²) in [6.45, 7) is 2.17. The first-order chi connectivity index (χ1) is 11.5. The Bertz CT molecular complexity index is 596. The molecule has 0 unspecified atom stereocenters. The number of amides is 3. The number of thioether (sulfide) groups is 1. The summed E-state index contributed by atoms with van der Waals surface area (Å²) in [5, 5.41) is 0.871. The van der Waals surface area contributed by atoms with Gasteiger partial charge in [0.15, 0.2) is 0 Å². The molecule has 1 aromatic rings. The van der Waals surface area contributed by atoms with Gasteiger partial charge in [0.1, 0.15) is 0 Å². The number of hydrogen-bond donors (Lipinski definition) is 0. The van der Waals surface area contributed by atoms with Crippen LogP contribution in [0.2, 0.25) is 0 Å². The molecule has 7 heteroatoms. The number of carbonyl (C=O) groups is 2. The Kier molecular flexibility index (Phi) is 5.28. The van der Waals surface area contributed by atoms with E-state index in [2.05, 4.69) is 4.98 Å². The summed E-state index contributed by atoms with van der Waals surface area (Å²) in [7, 11) is 3.56. The second-order valence-electron chi connectivity index (χ2n) is 6.68. The molecule has 6 nitrogen and oxygen atoms in total. The van der Waals surface area contributed by atoms with Gasteiger partial charge in [0, 0.05) is 46.0 Å². The summed E-state index contributed by atoms with van der Waals surface area (Å²) in [5.74, 6) is 0.943. The first kappa shape index (κ1) is 17.1. The van der Waals surface area contributed by atoms with Gasteiger partial charge in [-0.15, -0.1) is 0 Å². The Balaban J connectivity index is 1.62. The van der Waals surface area contributed by atoms with E-state index in [1.54, 1.807) is 25.2 Å². The monoisotopic (exact) mass is 348 g/mol. The molecule has 0 radical (unpaired) electrons. The lowest BCUT2D eigenvalue weighted by Gasteiger charge is -2.36. The van der Waals surface area contributed by atoms with Gasteiger partial charge >= 0.3 is 6.03 Å². The maximum Gasteiger partial charge on any atom is 0.319 e. The van der Waals surface area contributed by atoms with E-state index in [-0.39, 0.29) is 18.0 Å². The van der Waals surface area contributed by atoms with Crippen molar-refractivity contribution in [3.8, 4) is 0 Å². The smallest absolute Gasteiger partial charge is 0.319 e. The number of nitrogens with zero attached hydrogens (tertiary/aromatic N) is 4. The highest BCUT2D eigenvalue weighted by atomic mass is 32.2. The Labute approximate surface area is 147 Å². The molecule has 0 saturated carbocycles. The van der Waals surface area contributed by atoms with E-state index in [0.717, 1.165) is 31.0 Å². The van der Waals surface area contributed by atoms with E-state index in [4.69, 9.17) is 0 Å². The summed E-state index contributed by atoms with van der Waals surface area (Å²) in [5.41, 5.74) is 0. The molecule has 0 spiro atoms. The van der Waals surface area contributed by atoms with Crippen molar-refractivity contribution < 1.29 is 9.59 Å². The van der Waals surface area contributed by atoms with E-state index in [1.807, 2.05) is 28.0 Å². The molecule has 3 fully saturated rings. The molecule has 2 atom stereocenters. The average molecular weight is 348 g/mol. The Hall–Kier alpha value is -1.76. The fraction of sp³-hybridized carbons (Fsp3) is 0.588. The molecule has 3 amide bonds. The molecule has 24 heavy (non-hydrogen) atoms. The summed E-state index contributed by atoms with van der Waals surface area (Å²) >= 11 is 1.48. The van der Waals surface area contributed by atoms with Crippen molar-refractivity contribution in [2.45, 2.75) is 23.9 Å². The van der Waals surface area contributed by atoms with Gasteiger partial charge in [-0.05, 0) is 30.9 Å². The van der Waals surface area contributed by atoms with Crippen LogP contribution in [0.3, 0.4) is 0 Å². The van der Waals surface area contributed by atoms with Gasteiger partial charge in [-0.25, -0.2) is 9.78 Å². The van der Waals surface area contributed by atoms with Crippen molar-refractivity contribution in [2.75, 3.05) is 39.5 Å². The highest BCUT2D eigenvalue weighted by molar-refractivity contribution is 7.99. The highest BCUT2D eigenvalue weighted by Crippen LogP contribution is 2.29. The number of carbonyl (C=O) groups excluding carboxylic acids is 2. The number of fused-ring (bicyclic) bond motifs is 4. The molecule has 0 aromatic carbocycles.